The molecule has 0 atom stereocenters. The van der Waals surface area contributed by atoms with Crippen molar-refractivity contribution in [1.82, 2.24) is 19.9 Å². The van der Waals surface area contributed by atoms with Crippen LogP contribution >= 0.6 is 0 Å². The molecule has 0 spiro atoms. The summed E-state index contributed by atoms with van der Waals surface area (Å²) in [6.07, 6.45) is 6.32. The SMILES string of the molecule is Nc1nc(-c2cncnc2)cc2cc[nH]c(=O)c12. The first-order valence-electron chi connectivity index (χ1n) is 5.29. The van der Waals surface area contributed by atoms with Gasteiger partial charge in [-0.15, -0.1) is 0 Å². The van der Waals surface area contributed by atoms with E-state index in [1.54, 1.807) is 30.7 Å². The van der Waals surface area contributed by atoms with Gasteiger partial charge < -0.3 is 10.7 Å². The number of nitrogens with zero attached hydrogens (tertiary/aromatic N) is 3. The van der Waals surface area contributed by atoms with Crippen LogP contribution in [0.15, 0.2) is 41.8 Å². The van der Waals surface area contributed by atoms with Crippen molar-refractivity contribution in [1.29, 1.82) is 0 Å². The van der Waals surface area contributed by atoms with E-state index < -0.39 is 0 Å². The monoisotopic (exact) mass is 239 g/mol. The van der Waals surface area contributed by atoms with Crippen molar-refractivity contribution in [2.24, 2.45) is 0 Å². The summed E-state index contributed by atoms with van der Waals surface area (Å²) >= 11 is 0. The van der Waals surface area contributed by atoms with Crippen LogP contribution in [0, 0.1) is 0 Å². The van der Waals surface area contributed by atoms with Gasteiger partial charge in [0.2, 0.25) is 0 Å². The molecule has 0 saturated carbocycles. The van der Waals surface area contributed by atoms with Crippen LogP contribution in [0.25, 0.3) is 22.0 Å². The second-order valence-electron chi connectivity index (χ2n) is 3.79. The van der Waals surface area contributed by atoms with Gasteiger partial charge in [-0.3, -0.25) is 4.79 Å². The Hall–Kier alpha value is -2.76. The van der Waals surface area contributed by atoms with Crippen LogP contribution in [0.3, 0.4) is 0 Å². The predicted molar refractivity (Wildman–Crippen MR) is 67.8 cm³/mol. The predicted octanol–water partition coefficient (Wildman–Crippen LogP) is 0.962. The number of aromatic amines is 1. The molecule has 3 N–H and O–H groups in total. The lowest BCUT2D eigenvalue weighted by atomic mass is 10.1. The molecular formula is C12H9N5O. The molecule has 0 amide bonds. The van der Waals surface area contributed by atoms with Gasteiger partial charge in [0.15, 0.2) is 0 Å². The molecule has 3 aromatic heterocycles. The molecule has 0 radical (unpaired) electrons. The van der Waals surface area contributed by atoms with E-state index in [1.807, 2.05) is 0 Å². The molecule has 0 saturated heterocycles. The highest BCUT2D eigenvalue weighted by Crippen LogP contribution is 2.22. The van der Waals surface area contributed by atoms with Crippen LogP contribution in [-0.2, 0) is 0 Å². The first kappa shape index (κ1) is 10.4. The van der Waals surface area contributed by atoms with Crippen molar-refractivity contribution < 1.29 is 0 Å². The second-order valence-corrected chi connectivity index (χ2v) is 3.79. The van der Waals surface area contributed by atoms with Gasteiger partial charge in [-0.2, -0.15) is 0 Å². The van der Waals surface area contributed by atoms with Crippen molar-refractivity contribution in [2.75, 3.05) is 5.73 Å². The topological polar surface area (TPSA) is 97.5 Å². The van der Waals surface area contributed by atoms with Gasteiger partial charge >= 0.3 is 0 Å². The molecule has 3 heterocycles. The maximum absolute atomic E-state index is 11.6. The van der Waals surface area contributed by atoms with Gasteiger partial charge in [0.1, 0.15) is 12.1 Å². The summed E-state index contributed by atoms with van der Waals surface area (Å²) in [6, 6.07) is 3.57. The standard InChI is InChI=1S/C12H9N5O/c13-11-10-7(1-2-16-12(10)18)3-9(17-11)8-4-14-6-15-5-8/h1-6H,(H2,13,17)(H,16,18). The molecule has 0 aliphatic heterocycles. The van der Waals surface area contributed by atoms with Crippen molar-refractivity contribution >= 4 is 16.6 Å². The minimum Gasteiger partial charge on any atom is -0.383 e. The molecule has 3 aromatic rings. The summed E-state index contributed by atoms with van der Waals surface area (Å²) in [5.41, 5.74) is 6.98. The molecule has 0 bridgehead atoms. The molecule has 3 rings (SSSR count). The van der Waals surface area contributed by atoms with E-state index in [4.69, 9.17) is 5.73 Å². The number of fused-ring (bicyclic) bond motifs is 1. The van der Waals surface area contributed by atoms with E-state index in [9.17, 15) is 4.79 Å². The largest absolute Gasteiger partial charge is 0.383 e. The summed E-state index contributed by atoms with van der Waals surface area (Å²) in [6.45, 7) is 0. The van der Waals surface area contributed by atoms with Crippen LogP contribution in [-0.4, -0.2) is 19.9 Å². The number of H-pyrrole nitrogens is 1. The normalized spacial score (nSPS) is 10.7. The number of anilines is 1. The molecule has 6 nitrogen and oxygen atoms in total. The Kier molecular flexibility index (Phi) is 2.26. The lowest BCUT2D eigenvalue weighted by Gasteiger charge is -2.04. The Bertz CT molecular complexity index is 766. The minimum absolute atomic E-state index is 0.202. The van der Waals surface area contributed by atoms with Gasteiger partial charge in [0.05, 0.1) is 11.1 Å². The average Bonchev–Trinajstić information content (AvgIpc) is 2.39. The summed E-state index contributed by atoms with van der Waals surface area (Å²) in [4.78, 5) is 26.3. The number of pyridine rings is 2. The summed E-state index contributed by atoms with van der Waals surface area (Å²) in [5.74, 6) is 0.202. The van der Waals surface area contributed by atoms with E-state index in [0.717, 1.165) is 10.9 Å². The van der Waals surface area contributed by atoms with Crippen LogP contribution in [0.2, 0.25) is 0 Å². The van der Waals surface area contributed by atoms with Crippen molar-refractivity contribution in [3.63, 3.8) is 0 Å². The molecule has 18 heavy (non-hydrogen) atoms. The third-order valence-corrected chi connectivity index (χ3v) is 2.64. The lowest BCUT2D eigenvalue weighted by Crippen LogP contribution is -2.08. The van der Waals surface area contributed by atoms with Gasteiger partial charge in [0, 0.05) is 24.2 Å². The minimum atomic E-state index is -0.242. The fraction of sp³-hybridized carbons (Fsp3) is 0. The number of hydrogen-bond donors (Lipinski definition) is 2. The molecule has 0 aromatic carbocycles. The number of hydrogen-bond acceptors (Lipinski definition) is 5. The number of nitrogen functional groups attached to an aromatic ring is 1. The van der Waals surface area contributed by atoms with Crippen molar-refractivity contribution in [3.8, 4) is 11.3 Å². The number of aromatic nitrogens is 4. The molecule has 0 unspecified atom stereocenters. The highest BCUT2D eigenvalue weighted by atomic mass is 16.1. The van der Waals surface area contributed by atoms with Gasteiger partial charge in [0.25, 0.3) is 5.56 Å². The Labute approximate surface area is 102 Å². The second kappa shape index (κ2) is 3.92. The Morgan fingerprint density at radius 3 is 2.78 bits per heavy atom. The molecule has 88 valence electrons. The molecule has 0 aliphatic rings. The number of nitrogens with two attached hydrogens (primary N) is 1. The van der Waals surface area contributed by atoms with E-state index in [0.29, 0.717) is 11.1 Å². The molecule has 0 fully saturated rings. The first-order chi connectivity index (χ1) is 8.75. The summed E-state index contributed by atoms with van der Waals surface area (Å²) in [7, 11) is 0. The Morgan fingerprint density at radius 1 is 1.22 bits per heavy atom. The highest BCUT2D eigenvalue weighted by molar-refractivity contribution is 5.92. The quantitative estimate of drug-likeness (QED) is 0.659. The van der Waals surface area contributed by atoms with Crippen LogP contribution in [0.5, 0.6) is 0 Å². The lowest BCUT2D eigenvalue weighted by molar-refractivity contribution is 1.16. The summed E-state index contributed by atoms with van der Waals surface area (Å²) in [5, 5.41) is 1.14. The van der Waals surface area contributed by atoms with Gasteiger partial charge in [-0.05, 0) is 17.5 Å². The van der Waals surface area contributed by atoms with Crippen LogP contribution in [0.1, 0.15) is 0 Å². The average molecular weight is 239 g/mol. The maximum atomic E-state index is 11.6. The van der Waals surface area contributed by atoms with E-state index in [1.165, 1.54) is 6.33 Å². The molecule has 6 heteroatoms. The zero-order chi connectivity index (χ0) is 12.5. The highest BCUT2D eigenvalue weighted by Gasteiger charge is 2.08. The number of nitrogens with one attached hydrogen (secondary N) is 1. The van der Waals surface area contributed by atoms with E-state index in [-0.39, 0.29) is 11.4 Å². The summed E-state index contributed by atoms with van der Waals surface area (Å²) < 4.78 is 0. The first-order valence-corrected chi connectivity index (χ1v) is 5.29. The van der Waals surface area contributed by atoms with E-state index in [2.05, 4.69) is 19.9 Å². The third-order valence-electron chi connectivity index (χ3n) is 2.64. The fourth-order valence-corrected chi connectivity index (χ4v) is 1.82. The zero-order valence-electron chi connectivity index (χ0n) is 9.29. The molecular weight excluding hydrogens is 230 g/mol. The van der Waals surface area contributed by atoms with E-state index >= 15 is 0 Å². The van der Waals surface area contributed by atoms with Gasteiger partial charge in [-0.25, -0.2) is 15.0 Å². The smallest absolute Gasteiger partial charge is 0.259 e. The third kappa shape index (κ3) is 1.60. The van der Waals surface area contributed by atoms with Crippen LogP contribution < -0.4 is 11.3 Å². The van der Waals surface area contributed by atoms with Crippen molar-refractivity contribution in [2.45, 2.75) is 0 Å². The zero-order valence-corrected chi connectivity index (χ0v) is 9.29. The fourth-order valence-electron chi connectivity index (χ4n) is 1.82. The maximum Gasteiger partial charge on any atom is 0.259 e. The number of rotatable bonds is 1. The van der Waals surface area contributed by atoms with Crippen LogP contribution in [0.4, 0.5) is 5.82 Å². The Balaban J connectivity index is 2.32. The van der Waals surface area contributed by atoms with Crippen molar-refractivity contribution in [3.05, 3.63) is 47.4 Å². The Morgan fingerprint density at radius 2 is 2.00 bits per heavy atom. The molecule has 0 aliphatic carbocycles. The van der Waals surface area contributed by atoms with Gasteiger partial charge in [-0.1, -0.05) is 0 Å².